The number of nitriles is 1. The van der Waals surface area contributed by atoms with E-state index in [2.05, 4.69) is 15.1 Å². The highest BCUT2D eigenvalue weighted by molar-refractivity contribution is 5.94. The van der Waals surface area contributed by atoms with Gasteiger partial charge in [-0.1, -0.05) is 0 Å². The Balaban J connectivity index is 1.88. The molecule has 0 fully saturated rings. The third kappa shape index (κ3) is 2.36. The lowest BCUT2D eigenvalue weighted by Gasteiger charge is -2.27. The van der Waals surface area contributed by atoms with Crippen LogP contribution in [-0.4, -0.2) is 32.1 Å². The summed E-state index contributed by atoms with van der Waals surface area (Å²) in [5, 5.41) is 13.1. The Hall–Kier alpha value is -2.75. The molecule has 0 saturated carbocycles. The second-order valence-electron chi connectivity index (χ2n) is 5.00. The number of nitrogens with zero attached hydrogens (tertiary/aromatic N) is 6. The zero-order valence-corrected chi connectivity index (χ0v) is 11.9. The van der Waals surface area contributed by atoms with E-state index >= 15 is 0 Å². The van der Waals surface area contributed by atoms with Crippen molar-refractivity contribution in [1.29, 1.82) is 5.26 Å². The average molecular weight is 282 g/mol. The number of aromatic nitrogens is 4. The molecule has 7 nitrogen and oxygen atoms in total. The molecule has 0 amide bonds. The number of ketones is 1. The highest BCUT2D eigenvalue weighted by Crippen LogP contribution is 2.19. The van der Waals surface area contributed by atoms with Crippen LogP contribution < -0.4 is 4.90 Å². The number of hydrogen-bond donors (Lipinski definition) is 0. The second-order valence-corrected chi connectivity index (χ2v) is 5.00. The van der Waals surface area contributed by atoms with Crippen LogP contribution in [0.1, 0.15) is 34.4 Å². The average Bonchev–Trinajstić information content (AvgIpc) is 2.88. The lowest BCUT2D eigenvalue weighted by Crippen LogP contribution is -2.35. The van der Waals surface area contributed by atoms with Crippen molar-refractivity contribution in [1.82, 2.24) is 19.7 Å². The summed E-state index contributed by atoms with van der Waals surface area (Å²) in [4.78, 5) is 22.1. The minimum Gasteiger partial charge on any atom is -0.333 e. The molecule has 0 spiro atoms. The number of carbonyl (C=O) groups excluding carboxylic acids is 1. The van der Waals surface area contributed by atoms with E-state index < -0.39 is 0 Å². The molecular formula is C14H14N6O. The van der Waals surface area contributed by atoms with E-state index in [1.165, 1.54) is 6.92 Å². The molecule has 7 heteroatoms. The van der Waals surface area contributed by atoms with Gasteiger partial charge in [-0.25, -0.2) is 9.97 Å². The van der Waals surface area contributed by atoms with Crippen LogP contribution in [-0.2, 0) is 13.1 Å². The molecule has 0 N–H and O–H groups in total. The van der Waals surface area contributed by atoms with Crippen LogP contribution >= 0.6 is 0 Å². The molecule has 0 aliphatic carbocycles. The van der Waals surface area contributed by atoms with Gasteiger partial charge in [0, 0.05) is 12.7 Å². The monoisotopic (exact) mass is 282 g/mol. The highest BCUT2D eigenvalue weighted by atomic mass is 16.1. The maximum absolute atomic E-state index is 11.4. The zero-order valence-electron chi connectivity index (χ0n) is 11.9. The fraction of sp³-hybridized carbons (Fsp3) is 0.357. The Labute approximate surface area is 121 Å². The molecule has 0 saturated heterocycles. The first-order valence-electron chi connectivity index (χ1n) is 6.65. The van der Waals surface area contributed by atoms with E-state index in [1.54, 1.807) is 12.3 Å². The molecule has 2 aromatic rings. The number of aryl methyl sites for hydroxylation is 1. The SMILES string of the molecule is CC(=O)c1cnc(N2CCn3nc(C#N)cc3C2)nc1C. The van der Waals surface area contributed by atoms with E-state index in [9.17, 15) is 4.79 Å². The minimum atomic E-state index is -0.0329. The Morgan fingerprint density at radius 2 is 2.24 bits per heavy atom. The number of carbonyl (C=O) groups is 1. The lowest BCUT2D eigenvalue weighted by molar-refractivity contribution is 0.101. The van der Waals surface area contributed by atoms with E-state index in [-0.39, 0.29) is 5.78 Å². The van der Waals surface area contributed by atoms with Gasteiger partial charge in [0.1, 0.15) is 6.07 Å². The second kappa shape index (κ2) is 4.98. The molecule has 3 heterocycles. The molecule has 21 heavy (non-hydrogen) atoms. The molecule has 106 valence electrons. The summed E-state index contributed by atoms with van der Waals surface area (Å²) in [6, 6.07) is 3.83. The van der Waals surface area contributed by atoms with Crippen molar-refractivity contribution in [2.75, 3.05) is 11.4 Å². The van der Waals surface area contributed by atoms with Gasteiger partial charge in [-0.05, 0) is 19.9 Å². The van der Waals surface area contributed by atoms with Gasteiger partial charge in [-0.15, -0.1) is 0 Å². The first-order valence-corrected chi connectivity index (χ1v) is 6.65. The number of anilines is 1. The first kappa shape index (κ1) is 13.2. The van der Waals surface area contributed by atoms with Crippen molar-refractivity contribution in [3.05, 3.63) is 34.9 Å². The third-order valence-corrected chi connectivity index (χ3v) is 3.54. The van der Waals surface area contributed by atoms with Crippen LogP contribution in [0.5, 0.6) is 0 Å². The van der Waals surface area contributed by atoms with Crippen molar-refractivity contribution in [2.24, 2.45) is 0 Å². The summed E-state index contributed by atoms with van der Waals surface area (Å²) in [6.07, 6.45) is 1.58. The van der Waals surface area contributed by atoms with Crippen LogP contribution in [0, 0.1) is 18.3 Å². The van der Waals surface area contributed by atoms with Crippen LogP contribution in [0.25, 0.3) is 0 Å². The standard InChI is InChI=1S/C14H14N6O/c1-9-13(10(2)21)7-16-14(17-9)19-3-4-20-12(8-19)5-11(6-15)18-20/h5,7H,3-4,8H2,1-2H3. The Bertz CT molecular complexity index is 757. The van der Waals surface area contributed by atoms with Crippen molar-refractivity contribution >= 4 is 11.7 Å². The quantitative estimate of drug-likeness (QED) is 0.766. The molecule has 0 aromatic carbocycles. The smallest absolute Gasteiger partial charge is 0.225 e. The van der Waals surface area contributed by atoms with Crippen molar-refractivity contribution < 1.29 is 4.79 Å². The minimum absolute atomic E-state index is 0.0329. The van der Waals surface area contributed by atoms with Gasteiger partial charge < -0.3 is 4.90 Å². The molecule has 1 aliphatic rings. The van der Waals surface area contributed by atoms with Gasteiger partial charge >= 0.3 is 0 Å². The van der Waals surface area contributed by atoms with E-state index in [0.717, 1.165) is 12.2 Å². The Morgan fingerprint density at radius 1 is 1.43 bits per heavy atom. The maximum atomic E-state index is 11.4. The van der Waals surface area contributed by atoms with Crippen LogP contribution in [0.3, 0.4) is 0 Å². The highest BCUT2D eigenvalue weighted by Gasteiger charge is 2.21. The van der Waals surface area contributed by atoms with Gasteiger partial charge in [0.2, 0.25) is 5.95 Å². The van der Waals surface area contributed by atoms with Crippen molar-refractivity contribution in [2.45, 2.75) is 26.9 Å². The summed E-state index contributed by atoms with van der Waals surface area (Å²) < 4.78 is 1.84. The van der Waals surface area contributed by atoms with Crippen LogP contribution in [0.15, 0.2) is 12.3 Å². The summed E-state index contributed by atoms with van der Waals surface area (Å²) in [6.45, 7) is 5.33. The number of hydrogen-bond acceptors (Lipinski definition) is 6. The molecular weight excluding hydrogens is 268 g/mol. The van der Waals surface area contributed by atoms with Gasteiger partial charge in [-0.3, -0.25) is 9.48 Å². The molecule has 0 unspecified atom stereocenters. The number of rotatable bonds is 2. The van der Waals surface area contributed by atoms with Gasteiger partial charge in [0.15, 0.2) is 11.5 Å². The fourth-order valence-corrected chi connectivity index (χ4v) is 2.44. The van der Waals surface area contributed by atoms with Crippen molar-refractivity contribution in [3.8, 4) is 6.07 Å². The molecule has 0 radical (unpaired) electrons. The van der Waals surface area contributed by atoms with Crippen LogP contribution in [0.2, 0.25) is 0 Å². The maximum Gasteiger partial charge on any atom is 0.225 e. The summed E-state index contributed by atoms with van der Waals surface area (Å²) in [5.74, 6) is 0.567. The normalized spacial score (nSPS) is 13.7. The van der Waals surface area contributed by atoms with E-state index in [0.29, 0.717) is 36.0 Å². The van der Waals surface area contributed by atoms with Gasteiger partial charge in [0.25, 0.3) is 0 Å². The van der Waals surface area contributed by atoms with E-state index in [1.807, 2.05) is 22.6 Å². The predicted octanol–water partition coefficient (Wildman–Crippen LogP) is 1.08. The summed E-state index contributed by atoms with van der Waals surface area (Å²) >= 11 is 0. The predicted molar refractivity (Wildman–Crippen MR) is 74.8 cm³/mol. The first-order chi connectivity index (χ1) is 10.1. The van der Waals surface area contributed by atoms with E-state index in [4.69, 9.17) is 5.26 Å². The number of fused-ring (bicyclic) bond motifs is 1. The molecule has 2 aromatic heterocycles. The topological polar surface area (TPSA) is 87.7 Å². The van der Waals surface area contributed by atoms with Crippen LogP contribution in [0.4, 0.5) is 5.95 Å². The molecule has 3 rings (SSSR count). The largest absolute Gasteiger partial charge is 0.333 e. The third-order valence-electron chi connectivity index (χ3n) is 3.54. The Morgan fingerprint density at radius 3 is 2.90 bits per heavy atom. The zero-order chi connectivity index (χ0) is 15.0. The summed E-state index contributed by atoms with van der Waals surface area (Å²) in [7, 11) is 0. The molecule has 0 bridgehead atoms. The Kier molecular flexibility index (Phi) is 3.14. The lowest BCUT2D eigenvalue weighted by atomic mass is 10.2. The molecule has 0 atom stereocenters. The van der Waals surface area contributed by atoms with Crippen molar-refractivity contribution in [3.63, 3.8) is 0 Å². The number of Topliss-reactive ketones (excluding diaryl/α,β-unsaturated/α-hetero) is 1. The van der Waals surface area contributed by atoms with Gasteiger partial charge in [0.05, 0.1) is 30.0 Å². The molecule has 1 aliphatic heterocycles. The summed E-state index contributed by atoms with van der Waals surface area (Å²) in [5.41, 5.74) is 2.63. The van der Waals surface area contributed by atoms with Gasteiger partial charge in [-0.2, -0.15) is 10.4 Å². The fourth-order valence-electron chi connectivity index (χ4n) is 2.44.